The highest BCUT2D eigenvalue weighted by Crippen LogP contribution is 2.32. The van der Waals surface area contributed by atoms with Crippen LogP contribution >= 0.6 is 47.8 Å². The van der Waals surface area contributed by atoms with Crippen LogP contribution in [0.4, 0.5) is 30.6 Å². The molecule has 3 amide bonds. The molecule has 0 bridgehead atoms. The Morgan fingerprint density at radius 1 is 0.476 bits per heavy atom. The summed E-state index contributed by atoms with van der Waals surface area (Å²) in [6.45, 7) is 8.04. The molecule has 21 nitrogen and oxygen atoms in total. The number of aromatic nitrogens is 9. The molecule has 15 rings (SSSR count). The Kier molecular flexibility index (Phi) is 24.3. The van der Waals surface area contributed by atoms with Crippen LogP contribution in [0.5, 0.6) is 0 Å². The maximum atomic E-state index is 14.4. The lowest BCUT2D eigenvalue weighted by atomic mass is 10.1. The lowest BCUT2D eigenvalue weighted by Gasteiger charge is -2.26. The molecular weight excluding hydrogens is 1540 g/mol. The van der Waals surface area contributed by atoms with Gasteiger partial charge in [0.1, 0.15) is 34.9 Å². The van der Waals surface area contributed by atoms with Crippen molar-refractivity contribution in [2.24, 2.45) is 0 Å². The lowest BCUT2D eigenvalue weighted by Crippen LogP contribution is -2.41. The van der Waals surface area contributed by atoms with Gasteiger partial charge < -0.3 is 41.5 Å². The van der Waals surface area contributed by atoms with E-state index >= 15 is 0 Å². The molecule has 6 N–H and O–H groups in total. The molecule has 8 heterocycles. The van der Waals surface area contributed by atoms with Gasteiger partial charge in [0, 0.05) is 116 Å². The van der Waals surface area contributed by atoms with E-state index in [4.69, 9.17) is 4.74 Å². The SMILES string of the molecule is CN1CCCC1CCNC(=O)c1ccc(CNc2cc(-c3ccccc3F)nc3c(Br)cnn23)cc1.O=C(NC1CCCC1)c1ccc(CNc2cc(-c3ccccc3F)nc3c(Br)cnn23)cc1.O=C(NCCN1CCOCC1)c1ccc(CNc2cc(-c3ccccc3F)nc3c(Br)cnn23)cc1. The van der Waals surface area contributed by atoms with Crippen LogP contribution in [-0.4, -0.2) is 143 Å². The summed E-state index contributed by atoms with van der Waals surface area (Å²) in [5, 5.41) is 32.4. The van der Waals surface area contributed by atoms with Crippen LogP contribution in [0.25, 0.3) is 50.7 Å². The van der Waals surface area contributed by atoms with Gasteiger partial charge in [-0.05, 0) is 183 Å². The van der Waals surface area contributed by atoms with E-state index in [1.54, 1.807) is 105 Å². The number of nitrogens with zero attached hydrogens (tertiary/aromatic N) is 11. The molecule has 27 heteroatoms. The fraction of sp³-hybridized carbons (Fsp3) is 0.269. The summed E-state index contributed by atoms with van der Waals surface area (Å²) in [6, 6.07) is 48.5. The molecule has 1 saturated carbocycles. The molecule has 6 aromatic heterocycles. The Morgan fingerprint density at radius 2 is 0.857 bits per heavy atom. The van der Waals surface area contributed by atoms with E-state index in [1.165, 1.54) is 43.9 Å². The highest BCUT2D eigenvalue weighted by molar-refractivity contribution is 9.11. The van der Waals surface area contributed by atoms with E-state index < -0.39 is 0 Å². The first-order valence-corrected chi connectivity index (χ1v) is 37.3. The summed E-state index contributed by atoms with van der Waals surface area (Å²) in [5.74, 6) is 0.880. The maximum Gasteiger partial charge on any atom is 0.251 e. The number of amides is 3. The molecular formula is C78H77Br3F3N17O4. The van der Waals surface area contributed by atoms with Crippen LogP contribution in [0.2, 0.25) is 0 Å². The molecule has 0 spiro atoms. The number of benzene rings is 6. The monoisotopic (exact) mass is 1610 g/mol. The van der Waals surface area contributed by atoms with Crippen LogP contribution in [0, 0.1) is 17.5 Å². The van der Waals surface area contributed by atoms with Crippen molar-refractivity contribution in [3.63, 3.8) is 0 Å². The van der Waals surface area contributed by atoms with Crippen LogP contribution < -0.4 is 31.9 Å². The van der Waals surface area contributed by atoms with Gasteiger partial charge in [-0.2, -0.15) is 28.8 Å². The van der Waals surface area contributed by atoms with Crippen LogP contribution in [0.15, 0.2) is 196 Å². The zero-order valence-corrected chi connectivity index (χ0v) is 62.3. The van der Waals surface area contributed by atoms with Gasteiger partial charge in [0.2, 0.25) is 0 Å². The second-order valence-electron chi connectivity index (χ2n) is 25.8. The standard InChI is InChI=1S/C27H28BrFN6O.C26H26BrFN6O2.C25H23BrFN5O/c1-34-14-4-5-20(34)12-13-30-27(36)19-10-8-18(9-11-19)16-31-25-15-24(21-6-2-3-7-23(21)29)33-26-22(28)17-32-35(25)26;27-21-17-31-34-24(15-23(32-25(21)34)20-3-1-2-4-22(20)28)30-16-18-5-7-19(8-6-18)26(35)29-9-10-33-11-13-36-14-12-33;26-20-15-29-32-23(13-22(31-24(20)32)19-7-3-4-8-21(19)27)28-14-16-9-11-17(12-10-16)25(33)30-18-5-1-2-6-18/h2-3,6-11,15,17,20,31H,4-5,12-14,16H2,1H3,(H,30,36);1-8,15,17,30H,9-14,16H2,(H,29,35);3-4,7-13,15,18,28H,1-2,5-6,14H2,(H,30,33). The summed E-state index contributed by atoms with van der Waals surface area (Å²) in [5.41, 5.74) is 9.50. The van der Waals surface area contributed by atoms with Gasteiger partial charge in [0.05, 0.1) is 62.3 Å². The molecule has 540 valence electrons. The van der Waals surface area contributed by atoms with Crippen molar-refractivity contribution in [1.82, 2.24) is 69.5 Å². The number of nitrogens with one attached hydrogen (secondary N) is 6. The number of likely N-dealkylation sites (tertiary alicyclic amines) is 1. The van der Waals surface area contributed by atoms with E-state index in [0.29, 0.717) is 134 Å². The first-order valence-electron chi connectivity index (χ1n) is 34.9. The molecule has 105 heavy (non-hydrogen) atoms. The molecule has 12 aromatic rings. The Labute approximate surface area is 630 Å². The van der Waals surface area contributed by atoms with Crippen molar-refractivity contribution in [1.29, 1.82) is 0 Å². The summed E-state index contributed by atoms with van der Waals surface area (Å²) in [7, 11) is 2.15. The second kappa shape index (κ2) is 34.8. The average Bonchev–Trinajstić information content (AvgIpc) is 1.71. The number of ether oxygens (including phenoxy) is 1. The van der Waals surface area contributed by atoms with Gasteiger partial charge in [0.15, 0.2) is 16.9 Å². The Hall–Kier alpha value is -9.90. The molecule has 6 aromatic carbocycles. The van der Waals surface area contributed by atoms with Gasteiger partial charge in [0.25, 0.3) is 17.7 Å². The number of halogens is 6. The Bertz CT molecular complexity index is 5010. The topological polar surface area (TPSA) is 230 Å². The fourth-order valence-electron chi connectivity index (χ4n) is 12.9. The van der Waals surface area contributed by atoms with E-state index in [9.17, 15) is 27.6 Å². The average molecular weight is 1610 g/mol. The first-order chi connectivity index (χ1) is 51.2. The molecule has 2 aliphatic heterocycles. The van der Waals surface area contributed by atoms with Crippen molar-refractivity contribution in [2.75, 3.05) is 75.5 Å². The number of hydrogen-bond donors (Lipinski definition) is 6. The molecule has 0 radical (unpaired) electrons. The normalized spacial score (nSPS) is 14.7. The molecule has 1 aliphatic carbocycles. The number of fused-ring (bicyclic) bond motifs is 3. The van der Waals surface area contributed by atoms with Crippen molar-refractivity contribution in [2.45, 2.75) is 76.7 Å². The lowest BCUT2D eigenvalue weighted by molar-refractivity contribution is 0.0383. The zero-order chi connectivity index (χ0) is 72.8. The highest BCUT2D eigenvalue weighted by atomic mass is 79.9. The Balaban J connectivity index is 0.000000140. The molecule has 3 aliphatic rings. The number of hydrogen-bond acceptors (Lipinski definition) is 15. The maximum absolute atomic E-state index is 14.4. The van der Waals surface area contributed by atoms with Crippen LogP contribution in [0.3, 0.4) is 0 Å². The van der Waals surface area contributed by atoms with Crippen molar-refractivity contribution < 1.29 is 32.3 Å². The van der Waals surface area contributed by atoms with E-state index in [0.717, 1.165) is 84.3 Å². The predicted octanol–water partition coefficient (Wildman–Crippen LogP) is 14.7. The van der Waals surface area contributed by atoms with Crippen molar-refractivity contribution >= 4 is 99.9 Å². The third-order valence-corrected chi connectivity index (χ3v) is 20.4. The number of rotatable bonds is 22. The number of carbonyl (C=O) groups is 3. The quantitative estimate of drug-likeness (QED) is 0.0371. The van der Waals surface area contributed by atoms with Gasteiger partial charge in [-0.3, -0.25) is 19.3 Å². The summed E-state index contributed by atoms with van der Waals surface area (Å²) in [4.78, 5) is 55.9. The van der Waals surface area contributed by atoms with E-state index in [-0.39, 0.29) is 35.2 Å². The minimum atomic E-state index is -0.338. The molecule has 3 fully saturated rings. The fourth-order valence-corrected chi connectivity index (χ4v) is 13.9. The van der Waals surface area contributed by atoms with Gasteiger partial charge >= 0.3 is 0 Å². The van der Waals surface area contributed by atoms with Crippen LogP contribution in [0.1, 0.15) is 92.7 Å². The minimum absolute atomic E-state index is 0.0202. The van der Waals surface area contributed by atoms with E-state index in [1.807, 2.05) is 72.8 Å². The zero-order valence-electron chi connectivity index (χ0n) is 57.5. The third-order valence-electron chi connectivity index (χ3n) is 18.7. The van der Waals surface area contributed by atoms with Gasteiger partial charge in [-0.25, -0.2) is 28.1 Å². The van der Waals surface area contributed by atoms with Gasteiger partial charge in [-0.1, -0.05) is 85.6 Å². The summed E-state index contributed by atoms with van der Waals surface area (Å²) >= 11 is 10.4. The third kappa shape index (κ3) is 18.4. The van der Waals surface area contributed by atoms with Gasteiger partial charge in [-0.15, -0.1) is 0 Å². The molecule has 2 saturated heterocycles. The Morgan fingerprint density at radius 3 is 1.24 bits per heavy atom. The molecule has 1 atom stereocenters. The summed E-state index contributed by atoms with van der Waals surface area (Å²) in [6.07, 6.45) is 12.9. The number of morpholine rings is 1. The first kappa shape index (κ1) is 73.4. The number of anilines is 3. The highest BCUT2D eigenvalue weighted by Gasteiger charge is 2.23. The second-order valence-corrected chi connectivity index (χ2v) is 28.4. The summed E-state index contributed by atoms with van der Waals surface area (Å²) < 4.78 is 55.8. The smallest absolute Gasteiger partial charge is 0.251 e. The number of carbonyl (C=O) groups excluding carboxylic acids is 3. The molecule has 1 unspecified atom stereocenters. The minimum Gasteiger partial charge on any atom is -0.379 e. The van der Waals surface area contributed by atoms with Crippen molar-refractivity contribution in [3.8, 4) is 33.8 Å². The van der Waals surface area contributed by atoms with Crippen molar-refractivity contribution in [3.05, 3.63) is 247 Å². The predicted molar refractivity (Wildman–Crippen MR) is 411 cm³/mol. The largest absolute Gasteiger partial charge is 0.379 e. The van der Waals surface area contributed by atoms with E-state index in [2.05, 4.69) is 127 Å². The van der Waals surface area contributed by atoms with Crippen LogP contribution in [-0.2, 0) is 24.4 Å².